The summed E-state index contributed by atoms with van der Waals surface area (Å²) in [4.78, 5) is 16.9. The average molecular weight is 290 g/mol. The molecule has 0 radical (unpaired) electrons. The van der Waals surface area contributed by atoms with Crippen molar-refractivity contribution in [1.82, 2.24) is 4.90 Å². The largest absolute Gasteiger partial charge is 0.496 e. The maximum Gasteiger partial charge on any atom is 0.180 e. The van der Waals surface area contributed by atoms with E-state index in [0.717, 1.165) is 31.9 Å². The lowest BCUT2D eigenvalue weighted by atomic mass is 10.1. The predicted molar refractivity (Wildman–Crippen MR) is 86.6 cm³/mol. The number of carbonyl (C=O) groups excluding carboxylic acids is 1. The van der Waals surface area contributed by atoms with Crippen molar-refractivity contribution in [3.8, 4) is 5.75 Å². The van der Waals surface area contributed by atoms with Gasteiger partial charge in [-0.3, -0.25) is 9.69 Å². The van der Waals surface area contributed by atoms with Crippen LogP contribution in [0.1, 0.15) is 37.0 Å². The maximum atomic E-state index is 12.5. The molecule has 0 spiro atoms. The summed E-state index contributed by atoms with van der Waals surface area (Å²) in [5.74, 6) is 0.837. The number of rotatable bonds is 7. The van der Waals surface area contributed by atoms with Gasteiger partial charge in [-0.1, -0.05) is 0 Å². The van der Waals surface area contributed by atoms with Gasteiger partial charge in [-0.05, 0) is 51.9 Å². The van der Waals surface area contributed by atoms with E-state index in [1.54, 1.807) is 7.11 Å². The zero-order chi connectivity index (χ0) is 15.2. The lowest BCUT2D eigenvalue weighted by Gasteiger charge is -2.22. The van der Waals surface area contributed by atoms with Crippen LogP contribution in [0.15, 0.2) is 18.2 Å². The first-order valence-electron chi connectivity index (χ1n) is 7.88. The molecule has 0 N–H and O–H groups in total. The van der Waals surface area contributed by atoms with Gasteiger partial charge in [0, 0.05) is 24.8 Å². The molecule has 0 aromatic heterocycles. The molecule has 1 aliphatic rings. The van der Waals surface area contributed by atoms with E-state index in [1.807, 2.05) is 18.2 Å². The molecule has 0 aliphatic carbocycles. The topological polar surface area (TPSA) is 32.8 Å². The van der Waals surface area contributed by atoms with E-state index in [0.29, 0.717) is 17.9 Å². The predicted octanol–water partition coefficient (Wildman–Crippen LogP) is 2.82. The molecule has 116 valence electrons. The fourth-order valence-corrected chi connectivity index (χ4v) is 2.92. The molecule has 1 saturated heterocycles. The number of hydrogen-bond acceptors (Lipinski definition) is 4. The van der Waals surface area contributed by atoms with Crippen molar-refractivity contribution in [3.63, 3.8) is 0 Å². The van der Waals surface area contributed by atoms with Crippen LogP contribution in [0.2, 0.25) is 0 Å². The maximum absolute atomic E-state index is 12.5. The molecule has 0 amide bonds. The highest BCUT2D eigenvalue weighted by atomic mass is 16.5. The number of carbonyl (C=O) groups is 1. The second kappa shape index (κ2) is 7.46. The standard InChI is InChI=1S/C17H26N2O2/c1-4-19(5-2)14-8-9-15(17(12-14)21-3)16(20)13-18-10-6-7-11-18/h8-9,12H,4-7,10-11,13H2,1-3H3. The van der Waals surface area contributed by atoms with Crippen molar-refractivity contribution in [2.24, 2.45) is 0 Å². The van der Waals surface area contributed by atoms with Gasteiger partial charge in [0.05, 0.1) is 19.2 Å². The first-order valence-corrected chi connectivity index (χ1v) is 7.88. The van der Waals surface area contributed by atoms with Gasteiger partial charge in [-0.2, -0.15) is 0 Å². The highest BCUT2D eigenvalue weighted by Crippen LogP contribution is 2.26. The summed E-state index contributed by atoms with van der Waals surface area (Å²) >= 11 is 0. The smallest absolute Gasteiger partial charge is 0.180 e. The Morgan fingerprint density at radius 2 is 1.90 bits per heavy atom. The highest BCUT2D eigenvalue weighted by molar-refractivity contribution is 6.00. The average Bonchev–Trinajstić information content (AvgIpc) is 3.01. The number of nitrogens with zero attached hydrogens (tertiary/aromatic N) is 2. The van der Waals surface area contributed by atoms with Crippen LogP contribution in [-0.4, -0.2) is 50.5 Å². The van der Waals surface area contributed by atoms with E-state index < -0.39 is 0 Å². The quantitative estimate of drug-likeness (QED) is 0.723. The minimum Gasteiger partial charge on any atom is -0.496 e. The molecule has 1 fully saturated rings. The van der Waals surface area contributed by atoms with E-state index in [4.69, 9.17) is 4.74 Å². The van der Waals surface area contributed by atoms with E-state index in [2.05, 4.69) is 23.6 Å². The van der Waals surface area contributed by atoms with Crippen molar-refractivity contribution in [1.29, 1.82) is 0 Å². The first-order chi connectivity index (χ1) is 10.2. The first kappa shape index (κ1) is 15.8. The zero-order valence-electron chi connectivity index (χ0n) is 13.4. The third-order valence-electron chi connectivity index (χ3n) is 4.18. The molecule has 1 aliphatic heterocycles. The van der Waals surface area contributed by atoms with E-state index in [-0.39, 0.29) is 5.78 Å². The Morgan fingerprint density at radius 3 is 2.48 bits per heavy atom. The van der Waals surface area contributed by atoms with Crippen molar-refractivity contribution >= 4 is 11.5 Å². The van der Waals surface area contributed by atoms with Gasteiger partial charge in [-0.25, -0.2) is 0 Å². The number of ether oxygens (including phenoxy) is 1. The zero-order valence-corrected chi connectivity index (χ0v) is 13.4. The summed E-state index contributed by atoms with van der Waals surface area (Å²) < 4.78 is 5.44. The SMILES string of the molecule is CCN(CC)c1ccc(C(=O)CN2CCCC2)c(OC)c1. The van der Waals surface area contributed by atoms with Gasteiger partial charge in [0.2, 0.25) is 0 Å². The van der Waals surface area contributed by atoms with Crippen LogP contribution in [0.25, 0.3) is 0 Å². The van der Waals surface area contributed by atoms with E-state index >= 15 is 0 Å². The Kier molecular flexibility index (Phi) is 5.62. The molecular weight excluding hydrogens is 264 g/mol. The Morgan fingerprint density at radius 1 is 1.24 bits per heavy atom. The molecule has 1 aromatic carbocycles. The second-order valence-corrected chi connectivity index (χ2v) is 5.46. The third kappa shape index (κ3) is 3.76. The fourth-order valence-electron chi connectivity index (χ4n) is 2.92. The van der Waals surface area contributed by atoms with Crippen molar-refractivity contribution < 1.29 is 9.53 Å². The number of hydrogen-bond donors (Lipinski definition) is 0. The summed E-state index contributed by atoms with van der Waals surface area (Å²) in [6, 6.07) is 5.90. The third-order valence-corrected chi connectivity index (χ3v) is 4.18. The van der Waals surface area contributed by atoms with Gasteiger partial charge in [-0.15, -0.1) is 0 Å². The van der Waals surface area contributed by atoms with Crippen LogP contribution in [0.3, 0.4) is 0 Å². The van der Waals surface area contributed by atoms with Gasteiger partial charge in [0.1, 0.15) is 5.75 Å². The highest BCUT2D eigenvalue weighted by Gasteiger charge is 2.19. The number of anilines is 1. The second-order valence-electron chi connectivity index (χ2n) is 5.46. The van der Waals surface area contributed by atoms with Crippen LogP contribution in [0.5, 0.6) is 5.75 Å². The molecule has 0 atom stereocenters. The van der Waals surface area contributed by atoms with Crippen LogP contribution in [0, 0.1) is 0 Å². The number of benzene rings is 1. The molecule has 21 heavy (non-hydrogen) atoms. The van der Waals surface area contributed by atoms with Gasteiger partial charge < -0.3 is 9.64 Å². The molecule has 4 heteroatoms. The number of likely N-dealkylation sites (tertiary alicyclic amines) is 1. The Hall–Kier alpha value is -1.55. The number of Topliss-reactive ketones (excluding diaryl/α,β-unsaturated/α-hetero) is 1. The van der Waals surface area contributed by atoms with Gasteiger partial charge >= 0.3 is 0 Å². The van der Waals surface area contributed by atoms with Crippen LogP contribution >= 0.6 is 0 Å². The molecule has 0 bridgehead atoms. The van der Waals surface area contributed by atoms with Crippen molar-refractivity contribution in [2.45, 2.75) is 26.7 Å². The Labute approximate surface area is 127 Å². The van der Waals surface area contributed by atoms with E-state index in [9.17, 15) is 4.79 Å². The normalized spacial score (nSPS) is 15.2. The van der Waals surface area contributed by atoms with Crippen molar-refractivity contribution in [2.75, 3.05) is 44.7 Å². The number of methoxy groups -OCH3 is 1. The van der Waals surface area contributed by atoms with Crippen molar-refractivity contribution in [3.05, 3.63) is 23.8 Å². The van der Waals surface area contributed by atoms with Crippen LogP contribution in [-0.2, 0) is 0 Å². The van der Waals surface area contributed by atoms with Crippen LogP contribution < -0.4 is 9.64 Å². The molecule has 4 nitrogen and oxygen atoms in total. The van der Waals surface area contributed by atoms with Gasteiger partial charge in [0.15, 0.2) is 5.78 Å². The minimum atomic E-state index is 0.153. The Balaban J connectivity index is 2.16. The molecule has 2 rings (SSSR count). The van der Waals surface area contributed by atoms with Crippen LogP contribution in [0.4, 0.5) is 5.69 Å². The summed E-state index contributed by atoms with van der Waals surface area (Å²) in [6.45, 7) is 8.71. The van der Waals surface area contributed by atoms with Gasteiger partial charge in [0.25, 0.3) is 0 Å². The molecule has 0 unspecified atom stereocenters. The molecule has 1 heterocycles. The molecule has 1 aromatic rings. The minimum absolute atomic E-state index is 0.153. The lowest BCUT2D eigenvalue weighted by Crippen LogP contribution is -2.27. The number of ketones is 1. The fraction of sp³-hybridized carbons (Fsp3) is 0.588. The van der Waals surface area contributed by atoms with E-state index in [1.165, 1.54) is 12.8 Å². The molecule has 0 saturated carbocycles. The summed E-state index contributed by atoms with van der Waals surface area (Å²) in [6.07, 6.45) is 2.40. The summed E-state index contributed by atoms with van der Waals surface area (Å²) in [5, 5.41) is 0. The summed E-state index contributed by atoms with van der Waals surface area (Å²) in [7, 11) is 1.63. The summed E-state index contributed by atoms with van der Waals surface area (Å²) in [5.41, 5.74) is 1.80. The lowest BCUT2D eigenvalue weighted by molar-refractivity contribution is 0.0942. The Bertz CT molecular complexity index is 478. The molecular formula is C17H26N2O2. The monoisotopic (exact) mass is 290 g/mol.